The summed E-state index contributed by atoms with van der Waals surface area (Å²) in [7, 11) is 1.62. The Morgan fingerprint density at radius 3 is 1.03 bits per heavy atom. The number of allylic oxidation sites excluding steroid dienone is 6. The summed E-state index contributed by atoms with van der Waals surface area (Å²) >= 11 is 0. The SMILES string of the molecule is COC(OCCC(C)CCC=C(C)C)(OCCC(C)CCC=C(C)C)OCCC(C)CCC=C(C)C. The maximum absolute atomic E-state index is 6.16. The van der Waals surface area contributed by atoms with E-state index in [2.05, 4.69) is 80.5 Å². The molecule has 0 aliphatic heterocycles. The van der Waals surface area contributed by atoms with E-state index in [0.29, 0.717) is 37.6 Å². The standard InChI is InChI=1S/C32H60O4/c1-26(2)14-11-17-29(7)20-23-34-32(33-10,35-24-21-30(8)18-12-15-27(3)4)36-25-22-31(9)19-13-16-28(5)6/h14-16,29-31H,11-13,17-25H2,1-10H3. The van der Waals surface area contributed by atoms with Gasteiger partial charge in [-0.25, -0.2) is 0 Å². The third kappa shape index (κ3) is 20.2. The molecule has 212 valence electrons. The van der Waals surface area contributed by atoms with Gasteiger partial charge in [-0.05, 0) is 117 Å². The molecular formula is C32H60O4. The first-order valence-corrected chi connectivity index (χ1v) is 14.4. The Morgan fingerprint density at radius 2 is 0.806 bits per heavy atom. The minimum Gasteiger partial charge on any atom is -0.307 e. The first-order valence-electron chi connectivity index (χ1n) is 14.4. The van der Waals surface area contributed by atoms with Gasteiger partial charge in [0.15, 0.2) is 0 Å². The van der Waals surface area contributed by atoms with E-state index < -0.39 is 6.16 Å². The summed E-state index contributed by atoms with van der Waals surface area (Å²) in [5, 5.41) is 0. The molecule has 0 N–H and O–H groups in total. The Morgan fingerprint density at radius 1 is 0.528 bits per heavy atom. The molecule has 4 heteroatoms. The van der Waals surface area contributed by atoms with Crippen LogP contribution in [0.25, 0.3) is 0 Å². The summed E-state index contributed by atoms with van der Waals surface area (Å²) in [6.07, 6.45) is 15.2. The topological polar surface area (TPSA) is 36.9 Å². The van der Waals surface area contributed by atoms with Gasteiger partial charge in [0.1, 0.15) is 0 Å². The molecule has 0 aromatic heterocycles. The molecule has 0 fully saturated rings. The van der Waals surface area contributed by atoms with E-state index in [1.807, 2.05) is 0 Å². The lowest BCUT2D eigenvalue weighted by atomic mass is 10.0. The molecule has 0 aliphatic rings. The van der Waals surface area contributed by atoms with Crippen molar-refractivity contribution in [3.05, 3.63) is 34.9 Å². The Hall–Kier alpha value is -0.940. The van der Waals surface area contributed by atoms with Crippen molar-refractivity contribution in [1.29, 1.82) is 0 Å². The lowest BCUT2D eigenvalue weighted by Crippen LogP contribution is -2.42. The first-order chi connectivity index (χ1) is 17.0. The summed E-state index contributed by atoms with van der Waals surface area (Å²) in [5.74, 6) is 1.71. The van der Waals surface area contributed by atoms with Crippen LogP contribution in [0.1, 0.15) is 120 Å². The van der Waals surface area contributed by atoms with Crippen LogP contribution in [0, 0.1) is 17.8 Å². The van der Waals surface area contributed by atoms with E-state index in [0.717, 1.165) is 57.8 Å². The van der Waals surface area contributed by atoms with Gasteiger partial charge >= 0.3 is 6.16 Å². The van der Waals surface area contributed by atoms with E-state index in [-0.39, 0.29) is 0 Å². The van der Waals surface area contributed by atoms with Crippen LogP contribution in [0.15, 0.2) is 34.9 Å². The Balaban J connectivity index is 4.83. The average Bonchev–Trinajstić information content (AvgIpc) is 2.78. The molecule has 0 saturated heterocycles. The van der Waals surface area contributed by atoms with Crippen molar-refractivity contribution in [3.8, 4) is 0 Å². The van der Waals surface area contributed by atoms with Crippen molar-refractivity contribution in [2.45, 2.75) is 126 Å². The van der Waals surface area contributed by atoms with Crippen LogP contribution < -0.4 is 0 Å². The number of methoxy groups -OCH3 is 1. The van der Waals surface area contributed by atoms with E-state index in [4.69, 9.17) is 18.9 Å². The summed E-state index contributed by atoms with van der Waals surface area (Å²) in [6, 6.07) is 0. The van der Waals surface area contributed by atoms with E-state index >= 15 is 0 Å². The highest BCUT2D eigenvalue weighted by Gasteiger charge is 2.34. The normalized spacial score (nSPS) is 15.5. The maximum Gasteiger partial charge on any atom is 0.412 e. The summed E-state index contributed by atoms with van der Waals surface area (Å²) in [6.45, 7) is 21.4. The molecule has 36 heavy (non-hydrogen) atoms. The summed E-state index contributed by atoms with van der Waals surface area (Å²) in [4.78, 5) is 0. The van der Waals surface area contributed by atoms with Gasteiger partial charge in [0, 0.05) is 7.11 Å². The highest BCUT2D eigenvalue weighted by Crippen LogP contribution is 2.23. The molecule has 0 spiro atoms. The second kappa shape index (κ2) is 21.0. The van der Waals surface area contributed by atoms with Gasteiger partial charge in [0.05, 0.1) is 19.8 Å². The van der Waals surface area contributed by atoms with Gasteiger partial charge in [-0.3, -0.25) is 0 Å². The quantitative estimate of drug-likeness (QED) is 0.108. The van der Waals surface area contributed by atoms with Gasteiger partial charge in [-0.1, -0.05) is 55.7 Å². The molecule has 4 nitrogen and oxygen atoms in total. The smallest absolute Gasteiger partial charge is 0.307 e. The fraction of sp³-hybridized carbons (Fsp3) is 0.812. The molecule has 0 aliphatic carbocycles. The second-order valence-corrected chi connectivity index (χ2v) is 11.5. The third-order valence-electron chi connectivity index (χ3n) is 6.55. The Kier molecular flexibility index (Phi) is 20.5. The number of rotatable bonds is 22. The minimum atomic E-state index is -1.42. The molecule has 3 unspecified atom stereocenters. The van der Waals surface area contributed by atoms with Crippen molar-refractivity contribution in [1.82, 2.24) is 0 Å². The van der Waals surface area contributed by atoms with Crippen LogP contribution in [0.2, 0.25) is 0 Å². The van der Waals surface area contributed by atoms with Crippen molar-refractivity contribution in [3.63, 3.8) is 0 Å². The molecule has 0 radical (unpaired) electrons. The van der Waals surface area contributed by atoms with Crippen LogP contribution in [0.4, 0.5) is 0 Å². The Labute approximate surface area is 224 Å². The zero-order valence-corrected chi connectivity index (χ0v) is 25.6. The molecule has 3 atom stereocenters. The molecule has 0 aromatic rings. The van der Waals surface area contributed by atoms with E-state index in [1.54, 1.807) is 7.11 Å². The predicted molar refractivity (Wildman–Crippen MR) is 155 cm³/mol. The highest BCUT2D eigenvalue weighted by atomic mass is 17.0. The molecule has 0 saturated carbocycles. The van der Waals surface area contributed by atoms with E-state index in [9.17, 15) is 0 Å². The molecular weight excluding hydrogens is 448 g/mol. The van der Waals surface area contributed by atoms with Crippen molar-refractivity contribution >= 4 is 0 Å². The lowest BCUT2D eigenvalue weighted by molar-refractivity contribution is -0.493. The third-order valence-corrected chi connectivity index (χ3v) is 6.55. The zero-order valence-electron chi connectivity index (χ0n) is 25.6. The van der Waals surface area contributed by atoms with E-state index in [1.165, 1.54) is 16.7 Å². The summed E-state index contributed by atoms with van der Waals surface area (Å²) < 4.78 is 24.2. The Bertz CT molecular complexity index is 538. The lowest BCUT2D eigenvalue weighted by Gasteiger charge is -2.32. The number of ether oxygens (including phenoxy) is 4. The minimum absolute atomic E-state index is 0.552. The highest BCUT2D eigenvalue weighted by molar-refractivity contribution is 4.93. The van der Waals surface area contributed by atoms with Crippen LogP contribution in [0.3, 0.4) is 0 Å². The fourth-order valence-corrected chi connectivity index (χ4v) is 3.86. The van der Waals surface area contributed by atoms with Crippen LogP contribution in [-0.2, 0) is 18.9 Å². The number of hydrogen-bond acceptors (Lipinski definition) is 4. The van der Waals surface area contributed by atoms with Gasteiger partial charge in [-0.15, -0.1) is 0 Å². The van der Waals surface area contributed by atoms with Crippen molar-refractivity contribution in [2.24, 2.45) is 17.8 Å². The second-order valence-electron chi connectivity index (χ2n) is 11.5. The van der Waals surface area contributed by atoms with Gasteiger partial charge in [-0.2, -0.15) is 0 Å². The van der Waals surface area contributed by atoms with Gasteiger partial charge in [0.25, 0.3) is 0 Å². The molecule has 0 heterocycles. The molecule has 0 aromatic carbocycles. The predicted octanol–water partition coefficient (Wildman–Crippen LogP) is 9.61. The van der Waals surface area contributed by atoms with Crippen LogP contribution >= 0.6 is 0 Å². The monoisotopic (exact) mass is 508 g/mol. The van der Waals surface area contributed by atoms with Crippen molar-refractivity contribution < 1.29 is 18.9 Å². The molecule has 0 rings (SSSR count). The fourth-order valence-electron chi connectivity index (χ4n) is 3.86. The largest absolute Gasteiger partial charge is 0.412 e. The average molecular weight is 509 g/mol. The maximum atomic E-state index is 6.16. The van der Waals surface area contributed by atoms with Crippen LogP contribution in [0.5, 0.6) is 0 Å². The zero-order chi connectivity index (χ0) is 27.4. The van der Waals surface area contributed by atoms with Crippen molar-refractivity contribution in [2.75, 3.05) is 26.9 Å². The first kappa shape index (κ1) is 35.1. The van der Waals surface area contributed by atoms with Crippen LogP contribution in [-0.4, -0.2) is 33.1 Å². The number of hydrogen-bond donors (Lipinski definition) is 0. The molecule has 0 bridgehead atoms. The van der Waals surface area contributed by atoms with Gasteiger partial charge in [0.2, 0.25) is 0 Å². The van der Waals surface area contributed by atoms with Gasteiger partial charge < -0.3 is 18.9 Å². The summed E-state index contributed by atoms with van der Waals surface area (Å²) in [5.41, 5.74) is 4.14. The molecule has 0 amide bonds.